The Balaban J connectivity index is 1.72. The Kier molecular flexibility index (Phi) is 3.16. The first kappa shape index (κ1) is 8.97. The molecule has 0 radical (unpaired) electrons. The Morgan fingerprint density at radius 3 is 3.08 bits per heavy atom. The minimum absolute atomic E-state index is 0.723. The summed E-state index contributed by atoms with van der Waals surface area (Å²) in [6.07, 6.45) is 4.25. The van der Waals surface area contributed by atoms with Crippen molar-refractivity contribution in [3.63, 3.8) is 0 Å². The van der Waals surface area contributed by atoms with E-state index in [1.54, 1.807) is 6.20 Å². The Morgan fingerprint density at radius 1 is 1.54 bits per heavy atom. The fourth-order valence-electron chi connectivity index (χ4n) is 1.53. The minimum Gasteiger partial charge on any atom is -0.491 e. The highest BCUT2D eigenvalue weighted by atomic mass is 32.1. The smallest absolute Gasteiger partial charge is 0.149 e. The molecular weight excluding hydrogens is 184 g/mol. The Bertz CT molecular complexity index is 232. The number of aromatic nitrogens is 1. The molecule has 1 aromatic heterocycles. The number of rotatable bonds is 3. The van der Waals surface area contributed by atoms with Crippen molar-refractivity contribution in [2.45, 2.75) is 12.8 Å². The van der Waals surface area contributed by atoms with Gasteiger partial charge in [-0.15, -0.1) is 0 Å². The molecule has 4 heteroatoms. The van der Waals surface area contributed by atoms with E-state index in [0.717, 1.165) is 31.4 Å². The van der Waals surface area contributed by atoms with Gasteiger partial charge in [0.2, 0.25) is 0 Å². The molecule has 0 atom stereocenters. The van der Waals surface area contributed by atoms with Crippen molar-refractivity contribution in [2.75, 3.05) is 19.7 Å². The van der Waals surface area contributed by atoms with Crippen LogP contribution >= 0.6 is 11.5 Å². The quantitative estimate of drug-likeness (QED) is 0.799. The Hall–Kier alpha value is -0.610. The maximum Gasteiger partial charge on any atom is 0.149 e. The molecule has 1 saturated heterocycles. The lowest BCUT2D eigenvalue weighted by Crippen LogP contribution is -2.30. The third-order valence-electron chi connectivity index (χ3n) is 2.35. The Labute approximate surface area is 82.3 Å². The van der Waals surface area contributed by atoms with Crippen LogP contribution < -0.4 is 10.1 Å². The first-order chi connectivity index (χ1) is 6.45. The van der Waals surface area contributed by atoms with Crippen LogP contribution in [0.1, 0.15) is 12.8 Å². The molecule has 0 bridgehead atoms. The van der Waals surface area contributed by atoms with Crippen LogP contribution in [0, 0.1) is 5.92 Å². The molecule has 2 rings (SSSR count). The molecule has 3 nitrogen and oxygen atoms in total. The lowest BCUT2D eigenvalue weighted by atomic mass is 9.99. The molecule has 72 valence electrons. The first-order valence-corrected chi connectivity index (χ1v) is 5.52. The van der Waals surface area contributed by atoms with E-state index >= 15 is 0 Å². The predicted octanol–water partition coefficient (Wildman–Crippen LogP) is 1.52. The normalized spacial score (nSPS) is 18.8. The number of ether oxygens (including phenoxy) is 1. The van der Waals surface area contributed by atoms with Gasteiger partial charge in [0.25, 0.3) is 0 Å². The van der Waals surface area contributed by atoms with Gasteiger partial charge in [0.05, 0.1) is 18.2 Å². The van der Waals surface area contributed by atoms with Crippen LogP contribution in [0.3, 0.4) is 0 Å². The van der Waals surface area contributed by atoms with Crippen LogP contribution in [-0.4, -0.2) is 24.1 Å². The van der Waals surface area contributed by atoms with E-state index in [9.17, 15) is 0 Å². The van der Waals surface area contributed by atoms with Crippen LogP contribution in [0.25, 0.3) is 0 Å². The third kappa shape index (κ3) is 2.67. The van der Waals surface area contributed by atoms with Gasteiger partial charge < -0.3 is 10.1 Å². The summed E-state index contributed by atoms with van der Waals surface area (Å²) in [4.78, 5) is 0. The molecule has 0 unspecified atom stereocenters. The summed E-state index contributed by atoms with van der Waals surface area (Å²) in [5.74, 6) is 1.64. The monoisotopic (exact) mass is 198 g/mol. The summed E-state index contributed by atoms with van der Waals surface area (Å²) >= 11 is 1.44. The molecule has 1 aliphatic rings. The zero-order valence-electron chi connectivity index (χ0n) is 7.53. The number of piperidine rings is 1. The second kappa shape index (κ2) is 4.58. The van der Waals surface area contributed by atoms with Gasteiger partial charge in [0, 0.05) is 0 Å². The van der Waals surface area contributed by atoms with Gasteiger partial charge in [0.1, 0.15) is 5.75 Å². The zero-order chi connectivity index (χ0) is 8.93. The van der Waals surface area contributed by atoms with E-state index in [1.165, 1.54) is 24.4 Å². The number of hydrogen-bond donors (Lipinski definition) is 1. The fraction of sp³-hybridized carbons (Fsp3) is 0.667. The highest BCUT2D eigenvalue weighted by molar-refractivity contribution is 7.03. The minimum atomic E-state index is 0.723. The van der Waals surface area contributed by atoms with Crippen LogP contribution in [0.5, 0.6) is 5.75 Å². The van der Waals surface area contributed by atoms with Crippen molar-refractivity contribution >= 4 is 11.5 Å². The van der Waals surface area contributed by atoms with E-state index in [-0.39, 0.29) is 0 Å². The van der Waals surface area contributed by atoms with Gasteiger partial charge >= 0.3 is 0 Å². The SMILES string of the molecule is c1nscc1OCC1CCNCC1. The molecule has 0 saturated carbocycles. The van der Waals surface area contributed by atoms with E-state index in [0.29, 0.717) is 0 Å². The van der Waals surface area contributed by atoms with Crippen molar-refractivity contribution in [1.82, 2.24) is 9.69 Å². The maximum atomic E-state index is 5.61. The van der Waals surface area contributed by atoms with E-state index in [4.69, 9.17) is 4.74 Å². The van der Waals surface area contributed by atoms with Crippen molar-refractivity contribution in [3.05, 3.63) is 11.6 Å². The molecule has 0 aromatic carbocycles. The van der Waals surface area contributed by atoms with Crippen molar-refractivity contribution in [3.8, 4) is 5.75 Å². The second-order valence-electron chi connectivity index (χ2n) is 3.36. The summed E-state index contributed by atoms with van der Waals surface area (Å²) in [7, 11) is 0. The maximum absolute atomic E-state index is 5.61. The summed E-state index contributed by atoms with van der Waals surface area (Å²) in [6, 6.07) is 0. The van der Waals surface area contributed by atoms with Gasteiger partial charge in [-0.1, -0.05) is 0 Å². The number of nitrogens with zero attached hydrogens (tertiary/aromatic N) is 1. The summed E-state index contributed by atoms with van der Waals surface area (Å²) < 4.78 is 9.60. The molecule has 1 fully saturated rings. The fourth-order valence-corrected chi connectivity index (χ4v) is 1.99. The molecule has 2 heterocycles. The molecule has 1 aromatic rings. The van der Waals surface area contributed by atoms with Crippen molar-refractivity contribution < 1.29 is 4.74 Å². The first-order valence-electron chi connectivity index (χ1n) is 4.68. The van der Waals surface area contributed by atoms with Gasteiger partial charge in [0.15, 0.2) is 0 Å². The molecule has 0 amide bonds. The van der Waals surface area contributed by atoms with E-state index in [2.05, 4.69) is 9.69 Å². The molecule has 0 spiro atoms. The number of hydrogen-bond acceptors (Lipinski definition) is 4. The second-order valence-corrected chi connectivity index (χ2v) is 4.02. The average Bonchev–Trinajstić information content (AvgIpc) is 2.69. The molecule has 1 N–H and O–H groups in total. The van der Waals surface area contributed by atoms with E-state index in [1.807, 2.05) is 5.38 Å². The summed E-state index contributed by atoms with van der Waals surface area (Å²) in [5.41, 5.74) is 0. The lowest BCUT2D eigenvalue weighted by Gasteiger charge is -2.22. The highest BCUT2D eigenvalue weighted by Gasteiger charge is 2.13. The third-order valence-corrected chi connectivity index (χ3v) is 2.92. The largest absolute Gasteiger partial charge is 0.491 e. The standard InChI is InChI=1S/C9H14N2OS/c1-3-10-4-2-8(1)6-12-9-5-11-13-7-9/h5,7-8,10H,1-4,6H2. The Morgan fingerprint density at radius 2 is 2.38 bits per heavy atom. The van der Waals surface area contributed by atoms with Crippen molar-refractivity contribution in [2.24, 2.45) is 5.92 Å². The number of nitrogens with one attached hydrogen (secondary N) is 1. The average molecular weight is 198 g/mol. The predicted molar refractivity (Wildman–Crippen MR) is 53.2 cm³/mol. The van der Waals surface area contributed by atoms with Crippen LogP contribution in [0.4, 0.5) is 0 Å². The van der Waals surface area contributed by atoms with Gasteiger partial charge in [-0.25, -0.2) is 0 Å². The highest BCUT2D eigenvalue weighted by Crippen LogP contribution is 2.16. The summed E-state index contributed by atoms with van der Waals surface area (Å²) in [5, 5.41) is 5.29. The van der Waals surface area contributed by atoms with Gasteiger partial charge in [-0.05, 0) is 43.4 Å². The van der Waals surface area contributed by atoms with E-state index < -0.39 is 0 Å². The van der Waals surface area contributed by atoms with Crippen LogP contribution in [-0.2, 0) is 0 Å². The summed E-state index contributed by atoms with van der Waals surface area (Å²) in [6.45, 7) is 3.12. The molecule has 0 aliphatic carbocycles. The zero-order valence-corrected chi connectivity index (χ0v) is 8.35. The molecular formula is C9H14N2OS. The van der Waals surface area contributed by atoms with Crippen LogP contribution in [0.2, 0.25) is 0 Å². The molecule has 1 aliphatic heterocycles. The lowest BCUT2D eigenvalue weighted by molar-refractivity contribution is 0.215. The van der Waals surface area contributed by atoms with Gasteiger partial charge in [-0.2, -0.15) is 4.37 Å². The van der Waals surface area contributed by atoms with Crippen molar-refractivity contribution in [1.29, 1.82) is 0 Å². The van der Waals surface area contributed by atoms with Crippen LogP contribution in [0.15, 0.2) is 11.6 Å². The van der Waals surface area contributed by atoms with Gasteiger partial charge in [-0.3, -0.25) is 0 Å². The molecule has 13 heavy (non-hydrogen) atoms. The topological polar surface area (TPSA) is 34.1 Å².